The van der Waals surface area contributed by atoms with Crippen LogP contribution in [0.2, 0.25) is 0 Å². The predicted molar refractivity (Wildman–Crippen MR) is 69.1 cm³/mol. The zero-order valence-electron chi connectivity index (χ0n) is 10.4. The van der Waals surface area contributed by atoms with Crippen LogP contribution in [0.4, 0.5) is 0 Å². The second kappa shape index (κ2) is 6.03. The van der Waals surface area contributed by atoms with Crippen LogP contribution in [-0.4, -0.2) is 32.2 Å². The lowest BCUT2D eigenvalue weighted by molar-refractivity contribution is -0.135. The van der Waals surface area contributed by atoms with Gasteiger partial charge in [-0.1, -0.05) is 6.92 Å². The van der Waals surface area contributed by atoms with Crippen molar-refractivity contribution in [1.29, 1.82) is 0 Å². The van der Waals surface area contributed by atoms with Crippen LogP contribution in [0.1, 0.15) is 26.2 Å². The number of halogens is 1. The Bertz CT molecular complexity index is 267. The average molecular weight is 263 g/mol. The largest absolute Gasteiger partial charge is 0.381 e. The molecule has 0 aromatic rings. The highest BCUT2D eigenvalue weighted by molar-refractivity contribution is 5.85. The van der Waals surface area contributed by atoms with Gasteiger partial charge in [0, 0.05) is 26.3 Å². The van der Waals surface area contributed by atoms with E-state index < -0.39 is 0 Å². The summed E-state index contributed by atoms with van der Waals surface area (Å²) in [6, 6.07) is 0. The van der Waals surface area contributed by atoms with Gasteiger partial charge in [0.1, 0.15) is 0 Å². The van der Waals surface area contributed by atoms with E-state index in [-0.39, 0.29) is 23.7 Å². The van der Waals surface area contributed by atoms with Crippen molar-refractivity contribution in [3.8, 4) is 0 Å². The Kier molecular flexibility index (Phi) is 5.22. The molecule has 2 rings (SSSR count). The maximum Gasteiger partial charge on any atom is 0.227 e. The van der Waals surface area contributed by atoms with Crippen molar-refractivity contribution in [2.24, 2.45) is 23.0 Å². The van der Waals surface area contributed by atoms with Crippen molar-refractivity contribution in [2.45, 2.75) is 26.2 Å². The summed E-state index contributed by atoms with van der Waals surface area (Å²) in [6.45, 7) is 4.80. The lowest BCUT2D eigenvalue weighted by Gasteiger charge is -2.34. The van der Waals surface area contributed by atoms with Gasteiger partial charge in [0.25, 0.3) is 0 Å². The van der Waals surface area contributed by atoms with E-state index in [2.05, 4.69) is 12.2 Å². The molecule has 100 valence electrons. The molecule has 3 N–H and O–H groups in total. The molecule has 0 bridgehead atoms. The maximum atomic E-state index is 12.1. The molecule has 2 aliphatic rings. The van der Waals surface area contributed by atoms with Gasteiger partial charge in [-0.05, 0) is 31.1 Å². The first-order chi connectivity index (χ1) is 7.68. The number of nitrogens with one attached hydrogen (secondary N) is 1. The van der Waals surface area contributed by atoms with Gasteiger partial charge in [-0.2, -0.15) is 0 Å². The second-order valence-corrected chi connectivity index (χ2v) is 5.28. The monoisotopic (exact) mass is 262 g/mol. The van der Waals surface area contributed by atoms with Crippen molar-refractivity contribution < 1.29 is 9.53 Å². The van der Waals surface area contributed by atoms with Gasteiger partial charge in [0.15, 0.2) is 0 Å². The number of rotatable bonds is 4. The fourth-order valence-corrected chi connectivity index (χ4v) is 2.38. The van der Waals surface area contributed by atoms with Gasteiger partial charge >= 0.3 is 0 Å². The Morgan fingerprint density at radius 2 is 2.06 bits per heavy atom. The lowest BCUT2D eigenvalue weighted by Crippen LogP contribution is -2.49. The highest BCUT2D eigenvalue weighted by atomic mass is 35.5. The normalized spacial score (nSPS) is 30.2. The lowest BCUT2D eigenvalue weighted by atomic mass is 9.79. The molecular formula is C12H23ClN2O2. The molecule has 1 saturated heterocycles. The topological polar surface area (TPSA) is 64.4 Å². The summed E-state index contributed by atoms with van der Waals surface area (Å²) in [5.41, 5.74) is 5.41. The molecule has 0 aromatic carbocycles. The van der Waals surface area contributed by atoms with Crippen LogP contribution in [0.25, 0.3) is 0 Å². The average Bonchev–Trinajstić information content (AvgIpc) is 3.03. The van der Waals surface area contributed by atoms with Gasteiger partial charge < -0.3 is 15.8 Å². The van der Waals surface area contributed by atoms with Crippen molar-refractivity contribution in [2.75, 3.05) is 26.3 Å². The van der Waals surface area contributed by atoms with Crippen molar-refractivity contribution in [1.82, 2.24) is 5.32 Å². The number of hydrogen-bond acceptors (Lipinski definition) is 3. The molecule has 1 aliphatic carbocycles. The molecule has 1 heterocycles. The summed E-state index contributed by atoms with van der Waals surface area (Å²) in [4.78, 5) is 12.1. The van der Waals surface area contributed by atoms with Crippen LogP contribution >= 0.6 is 12.4 Å². The van der Waals surface area contributed by atoms with Gasteiger partial charge in [0.05, 0.1) is 5.41 Å². The van der Waals surface area contributed by atoms with E-state index in [0.717, 1.165) is 25.3 Å². The second-order valence-electron chi connectivity index (χ2n) is 5.28. The van der Waals surface area contributed by atoms with E-state index in [0.29, 0.717) is 25.7 Å². The third-order valence-corrected chi connectivity index (χ3v) is 4.12. The first kappa shape index (κ1) is 14.7. The fraction of sp³-hybridized carbons (Fsp3) is 0.917. The van der Waals surface area contributed by atoms with Crippen molar-refractivity contribution in [3.63, 3.8) is 0 Å². The van der Waals surface area contributed by atoms with Crippen LogP contribution in [0.15, 0.2) is 0 Å². The molecule has 1 aliphatic heterocycles. The van der Waals surface area contributed by atoms with Crippen LogP contribution in [0, 0.1) is 17.3 Å². The van der Waals surface area contributed by atoms with Crippen LogP contribution in [0.3, 0.4) is 0 Å². The summed E-state index contributed by atoms with van der Waals surface area (Å²) in [5.74, 6) is 1.61. The Morgan fingerprint density at radius 3 is 2.53 bits per heavy atom. The third kappa shape index (κ3) is 3.33. The Labute approximate surface area is 109 Å². The molecule has 1 amide bonds. The van der Waals surface area contributed by atoms with E-state index in [1.165, 1.54) is 6.42 Å². The molecule has 2 fully saturated rings. The number of amides is 1. The Balaban J connectivity index is 0.00000144. The van der Waals surface area contributed by atoms with Gasteiger partial charge in [-0.15, -0.1) is 12.4 Å². The predicted octanol–water partition coefficient (Wildman–Crippen LogP) is 0.936. The van der Waals surface area contributed by atoms with E-state index in [1.54, 1.807) is 0 Å². The Hall–Kier alpha value is -0.320. The fourth-order valence-electron chi connectivity index (χ4n) is 2.38. The summed E-state index contributed by atoms with van der Waals surface area (Å²) in [5, 5.41) is 3.06. The molecule has 2 unspecified atom stereocenters. The summed E-state index contributed by atoms with van der Waals surface area (Å²) < 4.78 is 5.30. The summed E-state index contributed by atoms with van der Waals surface area (Å²) >= 11 is 0. The molecular weight excluding hydrogens is 240 g/mol. The van der Waals surface area contributed by atoms with Gasteiger partial charge in [0.2, 0.25) is 5.91 Å². The Morgan fingerprint density at radius 1 is 1.47 bits per heavy atom. The number of ether oxygens (including phenoxy) is 1. The zero-order chi connectivity index (χ0) is 11.6. The van der Waals surface area contributed by atoms with E-state index in [4.69, 9.17) is 10.5 Å². The molecule has 1 saturated carbocycles. The quantitative estimate of drug-likeness (QED) is 0.793. The molecule has 5 heteroatoms. The van der Waals surface area contributed by atoms with Gasteiger partial charge in [-0.3, -0.25) is 4.79 Å². The molecule has 0 aromatic heterocycles. The zero-order valence-corrected chi connectivity index (χ0v) is 11.2. The van der Waals surface area contributed by atoms with Crippen LogP contribution in [0.5, 0.6) is 0 Å². The summed E-state index contributed by atoms with van der Waals surface area (Å²) in [7, 11) is 0. The molecule has 2 atom stereocenters. The highest BCUT2D eigenvalue weighted by Crippen LogP contribution is 2.37. The molecule has 0 radical (unpaired) electrons. The number of carbonyl (C=O) groups excluding carboxylic acids is 1. The minimum absolute atomic E-state index is 0. The summed E-state index contributed by atoms with van der Waals surface area (Å²) in [6.07, 6.45) is 2.77. The van der Waals surface area contributed by atoms with Crippen molar-refractivity contribution in [3.05, 3.63) is 0 Å². The minimum Gasteiger partial charge on any atom is -0.381 e. The number of hydrogen-bond donors (Lipinski definition) is 2. The SMILES string of the molecule is CC1CC1CNC(=O)C1(CN)CCOCC1.Cl. The number of carbonyl (C=O) groups is 1. The van der Waals surface area contributed by atoms with Gasteiger partial charge in [-0.25, -0.2) is 0 Å². The number of nitrogens with two attached hydrogens (primary N) is 1. The smallest absolute Gasteiger partial charge is 0.227 e. The maximum absolute atomic E-state index is 12.1. The molecule has 0 spiro atoms. The standard InChI is InChI=1S/C12H22N2O2.ClH/c1-9-6-10(9)7-14-11(15)12(8-13)2-4-16-5-3-12;/h9-10H,2-8,13H2,1H3,(H,14,15);1H. The first-order valence-electron chi connectivity index (χ1n) is 6.24. The van der Waals surface area contributed by atoms with Crippen LogP contribution in [-0.2, 0) is 9.53 Å². The van der Waals surface area contributed by atoms with E-state index in [1.807, 2.05) is 0 Å². The molecule has 4 nitrogen and oxygen atoms in total. The van der Waals surface area contributed by atoms with E-state index in [9.17, 15) is 4.79 Å². The van der Waals surface area contributed by atoms with E-state index >= 15 is 0 Å². The highest BCUT2D eigenvalue weighted by Gasteiger charge is 2.40. The van der Waals surface area contributed by atoms with Crippen molar-refractivity contribution >= 4 is 18.3 Å². The minimum atomic E-state index is -0.365. The third-order valence-electron chi connectivity index (χ3n) is 4.12. The first-order valence-corrected chi connectivity index (χ1v) is 6.24. The molecule has 17 heavy (non-hydrogen) atoms. The van der Waals surface area contributed by atoms with Crippen LogP contribution < -0.4 is 11.1 Å².